The van der Waals surface area contributed by atoms with Crippen molar-refractivity contribution in [3.63, 3.8) is 0 Å². The molecule has 4 heteroatoms. The second-order valence-electron chi connectivity index (χ2n) is 5.63. The van der Waals surface area contributed by atoms with Crippen LogP contribution in [-0.4, -0.2) is 21.2 Å². The minimum atomic E-state index is -0.00169. The van der Waals surface area contributed by atoms with Crippen LogP contribution < -0.4 is 5.32 Å². The van der Waals surface area contributed by atoms with Crippen molar-refractivity contribution in [3.8, 4) is 0 Å². The van der Waals surface area contributed by atoms with E-state index < -0.39 is 0 Å². The molecule has 0 bridgehead atoms. The molecule has 1 aromatic heterocycles. The molecule has 2 rings (SSSR count). The van der Waals surface area contributed by atoms with Crippen molar-refractivity contribution in [2.75, 3.05) is 6.54 Å². The summed E-state index contributed by atoms with van der Waals surface area (Å²) in [6.45, 7) is 6.30. The summed E-state index contributed by atoms with van der Waals surface area (Å²) in [5.74, 6) is 0.736. The summed E-state index contributed by atoms with van der Waals surface area (Å²) in [5.41, 5.74) is 1.41. The van der Waals surface area contributed by atoms with Gasteiger partial charge in [-0.2, -0.15) is 0 Å². The number of hydrogen-bond donors (Lipinski definition) is 2. The first-order chi connectivity index (χ1) is 10.8. The average Bonchev–Trinajstić information content (AvgIpc) is 3.04. The van der Waals surface area contributed by atoms with Crippen LogP contribution in [0.15, 0.2) is 42.7 Å². The highest BCUT2D eigenvalue weighted by Crippen LogP contribution is 2.28. The van der Waals surface area contributed by atoms with Gasteiger partial charge in [-0.15, -0.1) is 0 Å². The molecule has 4 nitrogen and oxygen atoms in total. The number of nitrogens with one attached hydrogen (secondary N) is 1. The lowest BCUT2D eigenvalue weighted by molar-refractivity contribution is 0.263. The summed E-state index contributed by atoms with van der Waals surface area (Å²) in [6, 6.07) is 10.7. The van der Waals surface area contributed by atoms with Crippen molar-refractivity contribution in [1.82, 2.24) is 14.9 Å². The standard InChI is InChI=1S/C18H27N3O/c1-3-18(4-2,16-9-6-5-7-10-16)20-11-8-13-21-14-12-19-17(21)15-22/h5-7,9-10,12,14,20,22H,3-4,8,11,13,15H2,1-2H3. The molecular weight excluding hydrogens is 274 g/mol. The quantitative estimate of drug-likeness (QED) is 0.700. The van der Waals surface area contributed by atoms with Crippen LogP contribution in [0, 0.1) is 0 Å². The van der Waals surface area contributed by atoms with Gasteiger partial charge in [-0.05, 0) is 31.4 Å². The first kappa shape index (κ1) is 16.7. The second kappa shape index (κ2) is 8.11. The molecule has 0 amide bonds. The van der Waals surface area contributed by atoms with Crippen molar-refractivity contribution < 1.29 is 5.11 Å². The molecule has 2 aromatic rings. The number of aliphatic hydroxyl groups is 1. The topological polar surface area (TPSA) is 50.1 Å². The molecule has 0 aliphatic carbocycles. The maximum atomic E-state index is 9.22. The fourth-order valence-electron chi connectivity index (χ4n) is 3.04. The monoisotopic (exact) mass is 301 g/mol. The smallest absolute Gasteiger partial charge is 0.134 e. The zero-order valence-corrected chi connectivity index (χ0v) is 13.6. The molecule has 120 valence electrons. The van der Waals surface area contributed by atoms with Gasteiger partial charge in [0.15, 0.2) is 0 Å². The Labute approximate surface area is 133 Å². The van der Waals surface area contributed by atoms with E-state index in [1.807, 2.05) is 10.8 Å². The molecule has 2 N–H and O–H groups in total. The Hall–Kier alpha value is -1.65. The van der Waals surface area contributed by atoms with E-state index in [4.69, 9.17) is 0 Å². The zero-order valence-electron chi connectivity index (χ0n) is 13.6. The van der Waals surface area contributed by atoms with Gasteiger partial charge < -0.3 is 15.0 Å². The summed E-state index contributed by atoms with van der Waals surface area (Å²) >= 11 is 0. The highest BCUT2D eigenvalue weighted by molar-refractivity contribution is 5.24. The third-order valence-corrected chi connectivity index (χ3v) is 4.52. The Morgan fingerprint density at radius 2 is 1.91 bits per heavy atom. The predicted molar refractivity (Wildman–Crippen MR) is 89.5 cm³/mol. The van der Waals surface area contributed by atoms with Gasteiger partial charge in [0.2, 0.25) is 0 Å². The van der Waals surface area contributed by atoms with Gasteiger partial charge in [-0.1, -0.05) is 44.2 Å². The van der Waals surface area contributed by atoms with E-state index in [1.54, 1.807) is 6.20 Å². The van der Waals surface area contributed by atoms with Crippen LogP contribution in [0.5, 0.6) is 0 Å². The Kier molecular flexibility index (Phi) is 6.16. The van der Waals surface area contributed by atoms with E-state index in [9.17, 15) is 5.11 Å². The maximum absolute atomic E-state index is 9.22. The van der Waals surface area contributed by atoms with E-state index in [-0.39, 0.29) is 12.1 Å². The van der Waals surface area contributed by atoms with E-state index in [2.05, 4.69) is 54.5 Å². The molecule has 0 atom stereocenters. The second-order valence-corrected chi connectivity index (χ2v) is 5.63. The van der Waals surface area contributed by atoms with Gasteiger partial charge in [0.05, 0.1) is 0 Å². The summed E-state index contributed by atoms with van der Waals surface area (Å²) in [6.07, 6.45) is 6.82. The van der Waals surface area contributed by atoms with Crippen molar-refractivity contribution in [3.05, 3.63) is 54.1 Å². The highest BCUT2D eigenvalue weighted by atomic mass is 16.3. The van der Waals surface area contributed by atoms with E-state index >= 15 is 0 Å². The Morgan fingerprint density at radius 1 is 1.18 bits per heavy atom. The average molecular weight is 301 g/mol. The van der Waals surface area contributed by atoms with Gasteiger partial charge in [0.1, 0.15) is 12.4 Å². The van der Waals surface area contributed by atoms with Crippen LogP contribution in [-0.2, 0) is 18.7 Å². The molecule has 1 heterocycles. The summed E-state index contributed by atoms with van der Waals surface area (Å²) in [7, 11) is 0. The number of aliphatic hydroxyl groups excluding tert-OH is 1. The van der Waals surface area contributed by atoms with Crippen LogP contribution in [0.4, 0.5) is 0 Å². The van der Waals surface area contributed by atoms with E-state index in [0.717, 1.165) is 38.2 Å². The van der Waals surface area contributed by atoms with Crippen LogP contribution in [0.2, 0.25) is 0 Å². The van der Waals surface area contributed by atoms with Gasteiger partial charge in [0.25, 0.3) is 0 Å². The minimum Gasteiger partial charge on any atom is -0.388 e. The van der Waals surface area contributed by atoms with Crippen LogP contribution in [0.25, 0.3) is 0 Å². The lowest BCUT2D eigenvalue weighted by Crippen LogP contribution is -2.42. The molecule has 0 aliphatic rings. The van der Waals surface area contributed by atoms with Crippen molar-refractivity contribution >= 4 is 0 Å². The number of aromatic nitrogens is 2. The molecular formula is C18H27N3O. The number of imidazole rings is 1. The Morgan fingerprint density at radius 3 is 2.55 bits per heavy atom. The third kappa shape index (κ3) is 3.76. The molecule has 1 aromatic carbocycles. The highest BCUT2D eigenvalue weighted by Gasteiger charge is 2.26. The summed E-state index contributed by atoms with van der Waals surface area (Å²) in [5, 5.41) is 13.0. The fourth-order valence-corrected chi connectivity index (χ4v) is 3.04. The van der Waals surface area contributed by atoms with Crippen LogP contribution in [0.3, 0.4) is 0 Å². The zero-order chi connectivity index (χ0) is 15.8. The SMILES string of the molecule is CCC(CC)(NCCCn1ccnc1CO)c1ccccc1. The molecule has 0 spiro atoms. The molecule has 0 aliphatic heterocycles. The molecule has 0 radical (unpaired) electrons. The summed E-state index contributed by atoms with van der Waals surface area (Å²) in [4.78, 5) is 4.13. The molecule has 22 heavy (non-hydrogen) atoms. The van der Waals surface area contributed by atoms with Crippen molar-refractivity contribution in [2.24, 2.45) is 0 Å². The van der Waals surface area contributed by atoms with Gasteiger partial charge >= 0.3 is 0 Å². The molecule has 0 saturated heterocycles. The van der Waals surface area contributed by atoms with Crippen molar-refractivity contribution in [2.45, 2.75) is 51.8 Å². The fraction of sp³-hybridized carbons (Fsp3) is 0.500. The number of rotatable bonds is 9. The summed E-state index contributed by atoms with van der Waals surface area (Å²) < 4.78 is 2.02. The lowest BCUT2D eigenvalue weighted by Gasteiger charge is -2.34. The minimum absolute atomic E-state index is 0.00169. The lowest BCUT2D eigenvalue weighted by atomic mass is 9.84. The number of aryl methyl sites for hydroxylation is 1. The third-order valence-electron chi connectivity index (χ3n) is 4.52. The molecule has 0 unspecified atom stereocenters. The maximum Gasteiger partial charge on any atom is 0.134 e. The molecule has 0 saturated carbocycles. The number of benzene rings is 1. The van der Waals surface area contributed by atoms with Gasteiger partial charge in [-0.25, -0.2) is 4.98 Å². The number of nitrogens with zero attached hydrogens (tertiary/aromatic N) is 2. The van der Waals surface area contributed by atoms with Crippen LogP contribution in [0.1, 0.15) is 44.5 Å². The Bertz CT molecular complexity index is 546. The van der Waals surface area contributed by atoms with Gasteiger partial charge in [-0.3, -0.25) is 0 Å². The first-order valence-corrected chi connectivity index (χ1v) is 8.17. The van der Waals surface area contributed by atoms with E-state index in [0.29, 0.717) is 0 Å². The van der Waals surface area contributed by atoms with Crippen molar-refractivity contribution in [1.29, 1.82) is 0 Å². The molecule has 0 fully saturated rings. The van der Waals surface area contributed by atoms with Gasteiger partial charge in [0, 0.05) is 24.5 Å². The number of hydrogen-bond acceptors (Lipinski definition) is 3. The predicted octanol–water partition coefficient (Wildman–Crippen LogP) is 3.07. The van der Waals surface area contributed by atoms with Crippen LogP contribution >= 0.6 is 0 Å². The Balaban J connectivity index is 1.93. The first-order valence-electron chi connectivity index (χ1n) is 8.17. The largest absolute Gasteiger partial charge is 0.388 e. The normalized spacial score (nSPS) is 11.8. The van der Waals surface area contributed by atoms with E-state index in [1.165, 1.54) is 5.56 Å².